The lowest BCUT2D eigenvalue weighted by Gasteiger charge is -2.23. The van der Waals surface area contributed by atoms with Crippen molar-refractivity contribution in [1.29, 1.82) is 0 Å². The Morgan fingerprint density at radius 1 is 1.50 bits per heavy atom. The lowest BCUT2D eigenvalue weighted by Crippen LogP contribution is -2.37. The molecule has 0 aromatic carbocycles. The van der Waals surface area contributed by atoms with Gasteiger partial charge in [0.25, 0.3) is 0 Å². The maximum Gasteiger partial charge on any atom is 0.223 e. The number of carbonyl (C=O) groups excluding carboxylic acids is 1. The third kappa shape index (κ3) is 3.59. The topological polar surface area (TPSA) is 50.4 Å². The fourth-order valence-electron chi connectivity index (χ4n) is 2.91. The number of halogens is 1. The van der Waals surface area contributed by atoms with Gasteiger partial charge in [0.15, 0.2) is 0 Å². The van der Waals surface area contributed by atoms with Crippen LogP contribution in [0.1, 0.15) is 32.6 Å². The summed E-state index contributed by atoms with van der Waals surface area (Å²) in [7, 11) is 1.69. The van der Waals surface area contributed by atoms with Crippen LogP contribution in [-0.2, 0) is 9.53 Å². The van der Waals surface area contributed by atoms with E-state index in [-0.39, 0.29) is 30.3 Å². The summed E-state index contributed by atoms with van der Waals surface area (Å²) < 4.78 is 5.02. The monoisotopic (exact) mass is 276 g/mol. The third-order valence-electron chi connectivity index (χ3n) is 4.25. The van der Waals surface area contributed by atoms with Crippen LogP contribution in [0.4, 0.5) is 0 Å². The molecule has 2 rings (SSSR count). The molecule has 2 unspecified atom stereocenters. The zero-order chi connectivity index (χ0) is 12.3. The van der Waals surface area contributed by atoms with Gasteiger partial charge in [0.2, 0.25) is 5.91 Å². The highest BCUT2D eigenvalue weighted by atomic mass is 35.5. The number of rotatable bonds is 5. The Morgan fingerprint density at radius 3 is 2.78 bits per heavy atom. The maximum atomic E-state index is 12.1. The third-order valence-corrected chi connectivity index (χ3v) is 4.25. The summed E-state index contributed by atoms with van der Waals surface area (Å²) in [4.78, 5) is 12.1. The molecule has 4 nitrogen and oxygen atoms in total. The number of hydrogen-bond donors (Lipinski definition) is 2. The Labute approximate surface area is 116 Å². The van der Waals surface area contributed by atoms with E-state index in [1.54, 1.807) is 7.11 Å². The van der Waals surface area contributed by atoms with Crippen molar-refractivity contribution in [3.05, 3.63) is 0 Å². The molecule has 0 aromatic heterocycles. The molecule has 0 aromatic rings. The van der Waals surface area contributed by atoms with Gasteiger partial charge >= 0.3 is 0 Å². The second-order valence-electron chi connectivity index (χ2n) is 5.56. The normalized spacial score (nSPS) is 26.2. The van der Waals surface area contributed by atoms with Crippen molar-refractivity contribution in [2.75, 3.05) is 26.8 Å². The van der Waals surface area contributed by atoms with Crippen LogP contribution in [0, 0.1) is 11.3 Å². The van der Waals surface area contributed by atoms with Crippen molar-refractivity contribution in [3.8, 4) is 0 Å². The predicted octanol–water partition coefficient (Wildman–Crippen LogP) is 1.34. The smallest absolute Gasteiger partial charge is 0.223 e. The van der Waals surface area contributed by atoms with Gasteiger partial charge in [0.05, 0.1) is 0 Å². The van der Waals surface area contributed by atoms with Gasteiger partial charge in [-0.05, 0) is 51.1 Å². The summed E-state index contributed by atoms with van der Waals surface area (Å²) in [5.41, 5.74) is 0.344. The summed E-state index contributed by atoms with van der Waals surface area (Å²) in [5, 5.41) is 6.47. The summed E-state index contributed by atoms with van der Waals surface area (Å²) in [5.74, 6) is 0.532. The second kappa shape index (κ2) is 6.73. The van der Waals surface area contributed by atoms with Crippen LogP contribution < -0.4 is 10.6 Å². The van der Waals surface area contributed by atoms with Crippen molar-refractivity contribution in [2.24, 2.45) is 11.3 Å². The molecule has 1 amide bonds. The average Bonchev–Trinajstić information content (AvgIpc) is 3.01. The van der Waals surface area contributed by atoms with Gasteiger partial charge in [-0.2, -0.15) is 0 Å². The lowest BCUT2D eigenvalue weighted by molar-refractivity contribution is -0.124. The van der Waals surface area contributed by atoms with Crippen molar-refractivity contribution in [2.45, 2.75) is 38.6 Å². The molecule has 0 bridgehead atoms. The molecule has 5 heteroatoms. The molecule has 106 valence electrons. The first-order valence-corrected chi connectivity index (χ1v) is 6.68. The molecule has 2 aliphatic rings. The summed E-state index contributed by atoms with van der Waals surface area (Å²) in [6.07, 6.45) is 4.32. The minimum atomic E-state index is 0. The van der Waals surface area contributed by atoms with Crippen molar-refractivity contribution in [3.63, 3.8) is 0 Å². The van der Waals surface area contributed by atoms with E-state index in [1.165, 1.54) is 0 Å². The Kier molecular flexibility index (Phi) is 5.89. The second-order valence-corrected chi connectivity index (χ2v) is 5.56. The standard InChI is InChI=1S/C13H24N2O2.ClH/c1-10(3-8-17-2)15-12(16)11-9-13(11)4-6-14-7-5-13;/h10-11,14H,3-9H2,1-2H3,(H,15,16);1H. The van der Waals surface area contributed by atoms with E-state index in [0.717, 1.165) is 38.8 Å². The van der Waals surface area contributed by atoms with Crippen LogP contribution in [-0.4, -0.2) is 38.8 Å². The number of hydrogen-bond acceptors (Lipinski definition) is 3. The molecule has 1 spiro atoms. The van der Waals surface area contributed by atoms with E-state index in [2.05, 4.69) is 10.6 Å². The fraction of sp³-hybridized carbons (Fsp3) is 0.923. The van der Waals surface area contributed by atoms with Crippen LogP contribution in [0.2, 0.25) is 0 Å². The number of carbonyl (C=O) groups is 1. The van der Waals surface area contributed by atoms with E-state index < -0.39 is 0 Å². The average molecular weight is 277 g/mol. The van der Waals surface area contributed by atoms with E-state index >= 15 is 0 Å². The summed E-state index contributed by atoms with van der Waals surface area (Å²) in [6.45, 7) is 4.90. The largest absolute Gasteiger partial charge is 0.385 e. The molecule has 2 fully saturated rings. The van der Waals surface area contributed by atoms with E-state index in [0.29, 0.717) is 12.0 Å². The van der Waals surface area contributed by atoms with Gasteiger partial charge in [-0.25, -0.2) is 0 Å². The van der Waals surface area contributed by atoms with Crippen LogP contribution >= 0.6 is 12.4 Å². The first kappa shape index (κ1) is 15.7. The Balaban J connectivity index is 0.00000162. The van der Waals surface area contributed by atoms with Crippen molar-refractivity contribution in [1.82, 2.24) is 10.6 Å². The molecule has 2 atom stereocenters. The van der Waals surface area contributed by atoms with E-state index in [4.69, 9.17) is 4.74 Å². The quantitative estimate of drug-likeness (QED) is 0.797. The SMILES string of the molecule is COCCC(C)NC(=O)C1CC12CCNCC2.Cl. The number of nitrogens with one attached hydrogen (secondary N) is 2. The Morgan fingerprint density at radius 2 is 2.17 bits per heavy atom. The predicted molar refractivity (Wildman–Crippen MR) is 74.0 cm³/mol. The highest BCUT2D eigenvalue weighted by Crippen LogP contribution is 2.58. The molecule has 1 saturated carbocycles. The molecule has 1 saturated heterocycles. The molecule has 0 radical (unpaired) electrons. The minimum absolute atomic E-state index is 0. The summed E-state index contributed by atoms with van der Waals surface area (Å²) in [6, 6.07) is 0.224. The van der Waals surface area contributed by atoms with Crippen LogP contribution in [0.3, 0.4) is 0 Å². The van der Waals surface area contributed by atoms with Crippen LogP contribution in [0.25, 0.3) is 0 Å². The molecular formula is C13H25ClN2O2. The molecule has 18 heavy (non-hydrogen) atoms. The van der Waals surface area contributed by atoms with Gasteiger partial charge in [0.1, 0.15) is 0 Å². The lowest BCUT2D eigenvalue weighted by atomic mass is 9.91. The number of piperidine rings is 1. The van der Waals surface area contributed by atoms with Gasteiger partial charge in [-0.15, -0.1) is 12.4 Å². The Bertz CT molecular complexity index is 280. The van der Waals surface area contributed by atoms with Crippen molar-refractivity contribution < 1.29 is 9.53 Å². The van der Waals surface area contributed by atoms with Gasteiger partial charge in [-0.3, -0.25) is 4.79 Å². The molecular weight excluding hydrogens is 252 g/mol. The van der Waals surface area contributed by atoms with Gasteiger partial charge in [-0.1, -0.05) is 0 Å². The van der Waals surface area contributed by atoms with Gasteiger partial charge < -0.3 is 15.4 Å². The van der Waals surface area contributed by atoms with Crippen molar-refractivity contribution >= 4 is 18.3 Å². The van der Waals surface area contributed by atoms with E-state index in [9.17, 15) is 4.79 Å². The maximum absolute atomic E-state index is 12.1. The molecule has 1 heterocycles. The van der Waals surface area contributed by atoms with Crippen LogP contribution in [0.5, 0.6) is 0 Å². The molecule has 1 aliphatic heterocycles. The minimum Gasteiger partial charge on any atom is -0.385 e. The summed E-state index contributed by atoms with van der Waals surface area (Å²) >= 11 is 0. The molecule has 2 N–H and O–H groups in total. The highest BCUT2D eigenvalue weighted by molar-refractivity contribution is 5.85. The molecule has 1 aliphatic carbocycles. The van der Waals surface area contributed by atoms with Crippen LogP contribution in [0.15, 0.2) is 0 Å². The number of ether oxygens (including phenoxy) is 1. The zero-order valence-electron chi connectivity index (χ0n) is 11.3. The van der Waals surface area contributed by atoms with E-state index in [1.807, 2.05) is 6.92 Å². The Hall–Kier alpha value is -0.320. The highest BCUT2D eigenvalue weighted by Gasteiger charge is 2.57. The first-order valence-electron chi connectivity index (χ1n) is 6.68. The first-order chi connectivity index (χ1) is 8.18. The zero-order valence-corrected chi connectivity index (χ0v) is 12.1. The number of amides is 1. The number of methoxy groups -OCH3 is 1. The fourth-order valence-corrected chi connectivity index (χ4v) is 2.91. The van der Waals surface area contributed by atoms with Gasteiger partial charge in [0, 0.05) is 25.7 Å².